The van der Waals surface area contributed by atoms with Gasteiger partial charge < -0.3 is 19.5 Å². The molecule has 9 heteroatoms. The average Bonchev–Trinajstić information content (AvgIpc) is 2.97. The molecular formula is C18H18ClNO6S. The van der Waals surface area contributed by atoms with Crippen molar-refractivity contribution in [3.63, 3.8) is 0 Å². The minimum atomic E-state index is -0.663. The number of carbonyl (C=O) groups is 3. The summed E-state index contributed by atoms with van der Waals surface area (Å²) in [5, 5.41) is 3.37. The summed E-state index contributed by atoms with van der Waals surface area (Å²) in [7, 11) is 2.45. The number of anilines is 1. The van der Waals surface area contributed by atoms with Crippen LogP contribution in [0.5, 0.6) is 5.75 Å². The first kappa shape index (κ1) is 20.7. The normalized spacial score (nSPS) is 10.3. The molecule has 27 heavy (non-hydrogen) atoms. The van der Waals surface area contributed by atoms with Crippen molar-refractivity contribution in [2.24, 2.45) is 0 Å². The Morgan fingerprint density at radius 3 is 2.37 bits per heavy atom. The van der Waals surface area contributed by atoms with Gasteiger partial charge in [-0.3, -0.25) is 4.79 Å². The van der Waals surface area contributed by atoms with Crippen LogP contribution in [0.25, 0.3) is 0 Å². The minimum Gasteiger partial charge on any atom is -0.484 e. The molecule has 1 heterocycles. The van der Waals surface area contributed by atoms with Crippen molar-refractivity contribution in [1.82, 2.24) is 0 Å². The van der Waals surface area contributed by atoms with Crippen LogP contribution < -0.4 is 10.1 Å². The van der Waals surface area contributed by atoms with Crippen molar-refractivity contribution >= 4 is 45.8 Å². The van der Waals surface area contributed by atoms with Crippen molar-refractivity contribution < 1.29 is 28.6 Å². The van der Waals surface area contributed by atoms with Gasteiger partial charge in [-0.25, -0.2) is 9.59 Å². The fraction of sp³-hybridized carbons (Fsp3) is 0.278. The van der Waals surface area contributed by atoms with Crippen LogP contribution in [0.15, 0.2) is 18.2 Å². The lowest BCUT2D eigenvalue weighted by molar-refractivity contribution is -0.118. The van der Waals surface area contributed by atoms with E-state index in [1.54, 1.807) is 25.1 Å². The molecule has 0 radical (unpaired) electrons. The quantitative estimate of drug-likeness (QED) is 0.730. The van der Waals surface area contributed by atoms with Gasteiger partial charge in [0.2, 0.25) is 0 Å². The Morgan fingerprint density at radius 1 is 1.11 bits per heavy atom. The van der Waals surface area contributed by atoms with Crippen LogP contribution in [0.4, 0.5) is 5.00 Å². The zero-order chi connectivity index (χ0) is 20.1. The van der Waals surface area contributed by atoms with Gasteiger partial charge in [-0.05, 0) is 43.2 Å². The van der Waals surface area contributed by atoms with Gasteiger partial charge in [0.15, 0.2) is 6.61 Å². The first-order chi connectivity index (χ1) is 12.8. The molecular weight excluding hydrogens is 394 g/mol. The Bertz CT molecular complexity index is 892. The maximum absolute atomic E-state index is 12.2. The Balaban J connectivity index is 2.17. The second-order valence-electron chi connectivity index (χ2n) is 5.49. The highest BCUT2D eigenvalue weighted by Gasteiger charge is 2.26. The lowest BCUT2D eigenvalue weighted by Gasteiger charge is -2.09. The largest absolute Gasteiger partial charge is 0.484 e. The number of ether oxygens (including phenoxy) is 3. The lowest BCUT2D eigenvalue weighted by Crippen LogP contribution is -2.21. The van der Waals surface area contributed by atoms with E-state index in [9.17, 15) is 14.4 Å². The number of benzene rings is 1. The smallest absolute Gasteiger partial charge is 0.348 e. The molecule has 0 aliphatic rings. The van der Waals surface area contributed by atoms with Crippen molar-refractivity contribution in [3.8, 4) is 5.75 Å². The Kier molecular flexibility index (Phi) is 6.81. The van der Waals surface area contributed by atoms with E-state index in [4.69, 9.17) is 25.8 Å². The van der Waals surface area contributed by atoms with Crippen LogP contribution in [0.1, 0.15) is 31.2 Å². The zero-order valence-electron chi connectivity index (χ0n) is 15.2. The number of amides is 1. The van der Waals surface area contributed by atoms with Gasteiger partial charge in [-0.15, -0.1) is 11.3 Å². The average molecular weight is 412 g/mol. The standard InChI is InChI=1S/C18H18ClNO6S/c1-9-7-11(5-6-12(9)19)26-8-13(21)20-16-14(17(22)24-3)10(2)15(27-16)18(23)25-4/h5-7H,8H2,1-4H3,(H,20,21). The molecule has 1 amide bonds. The third-order valence-electron chi connectivity index (χ3n) is 3.66. The third-order valence-corrected chi connectivity index (χ3v) is 5.27. The number of carbonyl (C=O) groups excluding carboxylic acids is 3. The van der Waals surface area contributed by atoms with E-state index in [1.165, 1.54) is 14.2 Å². The number of hydrogen-bond acceptors (Lipinski definition) is 7. The molecule has 0 aliphatic carbocycles. The van der Waals surface area contributed by atoms with Gasteiger partial charge in [0.1, 0.15) is 15.6 Å². The van der Waals surface area contributed by atoms with Crippen LogP contribution in [0.3, 0.4) is 0 Å². The summed E-state index contributed by atoms with van der Waals surface area (Å²) >= 11 is 6.89. The van der Waals surface area contributed by atoms with Crippen LogP contribution in [0.2, 0.25) is 5.02 Å². The van der Waals surface area contributed by atoms with Crippen molar-refractivity contribution in [2.45, 2.75) is 13.8 Å². The molecule has 2 rings (SSSR count). The van der Waals surface area contributed by atoms with E-state index in [0.717, 1.165) is 16.9 Å². The molecule has 0 fully saturated rings. The molecule has 1 aromatic carbocycles. The molecule has 7 nitrogen and oxygen atoms in total. The van der Waals surface area contributed by atoms with Crippen molar-refractivity contribution in [2.75, 3.05) is 26.1 Å². The molecule has 0 spiro atoms. The summed E-state index contributed by atoms with van der Waals surface area (Å²) in [5.41, 5.74) is 1.31. The predicted octanol–water partition coefficient (Wildman–Crippen LogP) is 3.61. The van der Waals surface area contributed by atoms with Gasteiger partial charge in [0, 0.05) is 5.02 Å². The summed E-state index contributed by atoms with van der Waals surface area (Å²) in [6.45, 7) is 3.12. The predicted molar refractivity (Wildman–Crippen MR) is 102 cm³/mol. The van der Waals surface area contributed by atoms with E-state index in [-0.39, 0.29) is 22.0 Å². The minimum absolute atomic E-state index is 0.110. The summed E-state index contributed by atoms with van der Waals surface area (Å²) < 4.78 is 14.9. The van der Waals surface area contributed by atoms with Crippen molar-refractivity contribution in [1.29, 1.82) is 0 Å². The van der Waals surface area contributed by atoms with Gasteiger partial charge in [-0.1, -0.05) is 11.6 Å². The molecule has 0 aliphatic heterocycles. The van der Waals surface area contributed by atoms with E-state index < -0.39 is 17.8 Å². The third kappa shape index (κ3) is 4.78. The number of rotatable bonds is 6. The number of thiophene rings is 1. The second kappa shape index (κ2) is 8.88. The lowest BCUT2D eigenvalue weighted by atomic mass is 10.1. The van der Waals surface area contributed by atoms with Gasteiger partial charge >= 0.3 is 11.9 Å². The highest BCUT2D eigenvalue weighted by Crippen LogP contribution is 2.34. The zero-order valence-corrected chi connectivity index (χ0v) is 16.7. The van der Waals surface area contributed by atoms with Crippen molar-refractivity contribution in [3.05, 3.63) is 44.8 Å². The number of hydrogen-bond donors (Lipinski definition) is 1. The summed E-state index contributed by atoms with van der Waals surface area (Å²) in [4.78, 5) is 36.3. The molecule has 2 aromatic rings. The highest BCUT2D eigenvalue weighted by molar-refractivity contribution is 7.18. The van der Waals surface area contributed by atoms with Crippen LogP contribution in [0, 0.1) is 13.8 Å². The van der Waals surface area contributed by atoms with Crippen LogP contribution in [-0.2, 0) is 14.3 Å². The van der Waals surface area contributed by atoms with Gasteiger partial charge in [0.05, 0.1) is 19.8 Å². The number of esters is 2. The van der Waals surface area contributed by atoms with Gasteiger partial charge in [0.25, 0.3) is 5.91 Å². The van der Waals surface area contributed by atoms with E-state index >= 15 is 0 Å². The Labute approximate surface area is 165 Å². The molecule has 1 aromatic heterocycles. The van der Waals surface area contributed by atoms with Gasteiger partial charge in [-0.2, -0.15) is 0 Å². The monoisotopic (exact) mass is 411 g/mol. The topological polar surface area (TPSA) is 90.9 Å². The molecule has 0 unspecified atom stereocenters. The van der Waals surface area contributed by atoms with Crippen LogP contribution >= 0.6 is 22.9 Å². The molecule has 0 saturated carbocycles. The van der Waals surface area contributed by atoms with E-state index in [0.29, 0.717) is 16.3 Å². The molecule has 0 bridgehead atoms. The fourth-order valence-electron chi connectivity index (χ4n) is 2.26. The molecule has 1 N–H and O–H groups in total. The van der Waals surface area contributed by atoms with E-state index in [1.807, 2.05) is 6.92 Å². The number of halogens is 1. The first-order valence-electron chi connectivity index (χ1n) is 7.77. The molecule has 0 saturated heterocycles. The number of nitrogens with one attached hydrogen (secondary N) is 1. The fourth-order valence-corrected chi connectivity index (χ4v) is 3.50. The number of aryl methyl sites for hydroxylation is 1. The molecule has 144 valence electrons. The summed E-state index contributed by atoms with van der Waals surface area (Å²) in [6, 6.07) is 5.03. The summed E-state index contributed by atoms with van der Waals surface area (Å²) in [5.74, 6) is -1.28. The van der Waals surface area contributed by atoms with Crippen LogP contribution in [-0.4, -0.2) is 38.7 Å². The Morgan fingerprint density at radius 2 is 1.78 bits per heavy atom. The first-order valence-corrected chi connectivity index (χ1v) is 8.96. The SMILES string of the molecule is COC(=O)c1sc(NC(=O)COc2ccc(Cl)c(C)c2)c(C(=O)OC)c1C. The highest BCUT2D eigenvalue weighted by atomic mass is 35.5. The number of methoxy groups -OCH3 is 2. The summed E-state index contributed by atoms with van der Waals surface area (Å²) in [6.07, 6.45) is 0. The second-order valence-corrected chi connectivity index (χ2v) is 6.92. The molecule has 0 atom stereocenters. The van der Waals surface area contributed by atoms with E-state index in [2.05, 4.69) is 5.32 Å². The maximum Gasteiger partial charge on any atom is 0.348 e. The maximum atomic E-state index is 12.2. The Hall–Kier alpha value is -2.58.